The number of morpholine rings is 1. The van der Waals surface area contributed by atoms with Crippen LogP contribution in [0.25, 0.3) is 0 Å². The molecule has 1 aromatic heterocycles. The minimum absolute atomic E-state index is 0.127. The SMILES string of the molecule is CC1OC(C)C(C(=O)N[C@@H](Cc2c[nH]cn2)C(=O)N2CCC[C@H]2C(N)=O)NC1=O. The zero-order chi connectivity index (χ0) is 21.1. The summed E-state index contributed by atoms with van der Waals surface area (Å²) in [6.07, 6.45) is 3.15. The first-order valence-corrected chi connectivity index (χ1v) is 9.61. The van der Waals surface area contributed by atoms with Gasteiger partial charge in [0.25, 0.3) is 0 Å². The second-order valence-corrected chi connectivity index (χ2v) is 7.39. The van der Waals surface area contributed by atoms with Crippen molar-refractivity contribution in [3.05, 3.63) is 18.2 Å². The van der Waals surface area contributed by atoms with E-state index in [0.29, 0.717) is 25.1 Å². The van der Waals surface area contributed by atoms with Crippen LogP contribution in [0.4, 0.5) is 0 Å². The number of amides is 4. The molecule has 3 unspecified atom stereocenters. The Balaban J connectivity index is 1.76. The van der Waals surface area contributed by atoms with Crippen molar-refractivity contribution in [3.63, 3.8) is 0 Å². The molecule has 5 atom stereocenters. The van der Waals surface area contributed by atoms with E-state index in [2.05, 4.69) is 20.6 Å². The molecular weight excluding hydrogens is 380 g/mol. The van der Waals surface area contributed by atoms with Crippen molar-refractivity contribution in [1.82, 2.24) is 25.5 Å². The molecule has 29 heavy (non-hydrogen) atoms. The summed E-state index contributed by atoms with van der Waals surface area (Å²) in [5, 5.41) is 5.31. The van der Waals surface area contributed by atoms with Crippen molar-refractivity contribution >= 4 is 23.6 Å². The molecule has 11 heteroatoms. The Morgan fingerprint density at radius 1 is 1.41 bits per heavy atom. The van der Waals surface area contributed by atoms with Crippen LogP contribution < -0.4 is 16.4 Å². The number of imidazole rings is 1. The average Bonchev–Trinajstić information content (AvgIpc) is 3.35. The van der Waals surface area contributed by atoms with Gasteiger partial charge >= 0.3 is 0 Å². The molecule has 158 valence electrons. The number of primary amides is 1. The molecule has 0 aromatic carbocycles. The number of aromatic nitrogens is 2. The number of rotatable bonds is 6. The summed E-state index contributed by atoms with van der Waals surface area (Å²) in [6.45, 7) is 3.66. The molecule has 2 aliphatic rings. The van der Waals surface area contributed by atoms with Crippen molar-refractivity contribution in [2.45, 2.75) is 63.4 Å². The maximum atomic E-state index is 13.1. The van der Waals surface area contributed by atoms with E-state index >= 15 is 0 Å². The molecule has 0 saturated carbocycles. The molecule has 2 saturated heterocycles. The number of hydrogen-bond acceptors (Lipinski definition) is 6. The number of carbonyl (C=O) groups is 4. The summed E-state index contributed by atoms with van der Waals surface area (Å²) >= 11 is 0. The molecule has 2 fully saturated rings. The van der Waals surface area contributed by atoms with Gasteiger partial charge in [-0.1, -0.05) is 0 Å². The van der Waals surface area contributed by atoms with Gasteiger partial charge in [0.15, 0.2) is 0 Å². The van der Waals surface area contributed by atoms with Crippen LogP contribution in [0.1, 0.15) is 32.4 Å². The monoisotopic (exact) mass is 406 g/mol. The van der Waals surface area contributed by atoms with E-state index < -0.39 is 54.0 Å². The molecule has 11 nitrogen and oxygen atoms in total. The predicted octanol–water partition coefficient (Wildman–Crippen LogP) is -1.79. The summed E-state index contributed by atoms with van der Waals surface area (Å²) in [6, 6.07) is -2.59. The Morgan fingerprint density at radius 2 is 2.17 bits per heavy atom. The third-order valence-electron chi connectivity index (χ3n) is 5.28. The molecule has 1 aromatic rings. The molecule has 0 bridgehead atoms. The fourth-order valence-corrected chi connectivity index (χ4v) is 3.73. The van der Waals surface area contributed by atoms with Crippen LogP contribution in [-0.2, 0) is 30.3 Å². The Morgan fingerprint density at radius 3 is 2.83 bits per heavy atom. The molecule has 0 spiro atoms. The van der Waals surface area contributed by atoms with Crippen LogP contribution in [0.2, 0.25) is 0 Å². The maximum Gasteiger partial charge on any atom is 0.249 e. The van der Waals surface area contributed by atoms with Crippen LogP contribution in [0.3, 0.4) is 0 Å². The van der Waals surface area contributed by atoms with Gasteiger partial charge in [0, 0.05) is 19.2 Å². The molecule has 0 radical (unpaired) electrons. The number of likely N-dealkylation sites (tertiary alicyclic amines) is 1. The fourth-order valence-electron chi connectivity index (χ4n) is 3.73. The minimum atomic E-state index is -0.964. The Kier molecular flexibility index (Phi) is 6.16. The predicted molar refractivity (Wildman–Crippen MR) is 100 cm³/mol. The molecule has 4 amide bonds. The van der Waals surface area contributed by atoms with Gasteiger partial charge in [-0.15, -0.1) is 0 Å². The first kappa shape index (κ1) is 20.8. The first-order valence-electron chi connectivity index (χ1n) is 9.61. The first-order chi connectivity index (χ1) is 13.8. The van der Waals surface area contributed by atoms with E-state index in [9.17, 15) is 19.2 Å². The van der Waals surface area contributed by atoms with Gasteiger partial charge < -0.3 is 31.0 Å². The summed E-state index contributed by atoms with van der Waals surface area (Å²) in [7, 11) is 0. The van der Waals surface area contributed by atoms with E-state index in [-0.39, 0.29) is 6.42 Å². The number of nitrogens with two attached hydrogens (primary N) is 1. The molecule has 3 rings (SSSR count). The Labute approximate surface area is 167 Å². The van der Waals surface area contributed by atoms with Crippen LogP contribution in [-0.4, -0.2) is 75.4 Å². The summed E-state index contributed by atoms with van der Waals surface area (Å²) < 4.78 is 5.48. The summed E-state index contributed by atoms with van der Waals surface area (Å²) in [5.74, 6) is -1.92. The molecule has 5 N–H and O–H groups in total. The highest BCUT2D eigenvalue weighted by Gasteiger charge is 2.40. The summed E-state index contributed by atoms with van der Waals surface area (Å²) in [5.41, 5.74) is 6.00. The van der Waals surface area contributed by atoms with Gasteiger partial charge in [0.1, 0.15) is 24.2 Å². The second-order valence-electron chi connectivity index (χ2n) is 7.39. The van der Waals surface area contributed by atoms with Crippen molar-refractivity contribution in [3.8, 4) is 0 Å². The van der Waals surface area contributed by atoms with Crippen molar-refractivity contribution in [1.29, 1.82) is 0 Å². The zero-order valence-corrected chi connectivity index (χ0v) is 16.4. The highest BCUT2D eigenvalue weighted by atomic mass is 16.5. The highest BCUT2D eigenvalue weighted by molar-refractivity contribution is 5.95. The minimum Gasteiger partial charge on any atom is -0.368 e. The van der Waals surface area contributed by atoms with Gasteiger partial charge in [0.05, 0.1) is 18.1 Å². The smallest absolute Gasteiger partial charge is 0.249 e. The van der Waals surface area contributed by atoms with Crippen LogP contribution in [0.15, 0.2) is 12.5 Å². The van der Waals surface area contributed by atoms with Crippen molar-refractivity contribution < 1.29 is 23.9 Å². The van der Waals surface area contributed by atoms with E-state index in [1.165, 1.54) is 11.2 Å². The normalized spacial score (nSPS) is 27.9. The lowest BCUT2D eigenvalue weighted by Crippen LogP contribution is -2.63. The average molecular weight is 406 g/mol. The lowest BCUT2D eigenvalue weighted by molar-refractivity contribution is -0.153. The third-order valence-corrected chi connectivity index (χ3v) is 5.28. The Hall–Kier alpha value is -2.95. The maximum absolute atomic E-state index is 13.1. The topological polar surface area (TPSA) is 160 Å². The van der Waals surface area contributed by atoms with E-state index in [1.54, 1.807) is 20.0 Å². The molecule has 0 aliphatic carbocycles. The largest absolute Gasteiger partial charge is 0.368 e. The fraction of sp³-hybridized carbons (Fsp3) is 0.611. The molecular formula is C18H26N6O5. The number of aromatic amines is 1. The van der Waals surface area contributed by atoms with Crippen LogP contribution >= 0.6 is 0 Å². The number of carbonyl (C=O) groups excluding carboxylic acids is 4. The number of H-pyrrole nitrogens is 1. The number of nitrogens with zero attached hydrogens (tertiary/aromatic N) is 2. The number of nitrogens with one attached hydrogen (secondary N) is 3. The van der Waals surface area contributed by atoms with E-state index in [1.807, 2.05) is 0 Å². The summed E-state index contributed by atoms with van der Waals surface area (Å²) in [4.78, 5) is 57.9. The van der Waals surface area contributed by atoms with Gasteiger partial charge in [-0.05, 0) is 26.7 Å². The van der Waals surface area contributed by atoms with Gasteiger partial charge in [-0.2, -0.15) is 0 Å². The quantitative estimate of drug-likeness (QED) is 0.436. The zero-order valence-electron chi connectivity index (χ0n) is 16.4. The van der Waals surface area contributed by atoms with E-state index in [4.69, 9.17) is 10.5 Å². The van der Waals surface area contributed by atoms with Crippen LogP contribution in [0, 0.1) is 0 Å². The van der Waals surface area contributed by atoms with Crippen LogP contribution in [0.5, 0.6) is 0 Å². The lowest BCUT2D eigenvalue weighted by Gasteiger charge is -2.34. The van der Waals surface area contributed by atoms with Gasteiger partial charge in [0.2, 0.25) is 23.6 Å². The van der Waals surface area contributed by atoms with E-state index in [0.717, 1.165) is 0 Å². The highest BCUT2D eigenvalue weighted by Crippen LogP contribution is 2.19. The third kappa shape index (κ3) is 4.56. The second kappa shape index (κ2) is 8.60. The number of hydrogen-bond donors (Lipinski definition) is 4. The van der Waals surface area contributed by atoms with Crippen molar-refractivity contribution in [2.75, 3.05) is 6.54 Å². The molecule has 3 heterocycles. The lowest BCUT2D eigenvalue weighted by atomic mass is 10.1. The van der Waals surface area contributed by atoms with Gasteiger partial charge in [-0.25, -0.2) is 4.98 Å². The van der Waals surface area contributed by atoms with Crippen molar-refractivity contribution in [2.24, 2.45) is 5.73 Å². The standard InChI is InChI=1S/C18H26N6O5/c1-9-14(23-16(26)10(2)29-9)17(27)22-12(6-11-7-20-8-21-11)18(28)24-5-3-4-13(24)15(19)25/h7-10,12-14H,3-6H2,1-2H3,(H2,19,25)(H,20,21)(H,22,27)(H,23,26)/t9?,10?,12-,13-,14?/m0/s1. The number of ether oxygens (including phenoxy) is 1. The Bertz CT molecular complexity index is 782. The van der Waals surface area contributed by atoms with Gasteiger partial charge in [-0.3, -0.25) is 19.2 Å². The molecule has 2 aliphatic heterocycles.